The number of ether oxygens (including phenoxy) is 2. The molecule has 6 nitrogen and oxygen atoms in total. The lowest BCUT2D eigenvalue weighted by molar-refractivity contribution is -0.124. The fourth-order valence-electron chi connectivity index (χ4n) is 6.63. The topological polar surface area (TPSA) is 69.7 Å². The third-order valence-electron chi connectivity index (χ3n) is 9.27. The number of para-hydroxylation sites is 1. The van der Waals surface area contributed by atoms with Crippen molar-refractivity contribution in [3.63, 3.8) is 0 Å². The molecule has 1 N–H and O–H groups in total. The standard InChI is InChI=1S/C39H42N2O4Si/c1-38(2,3)46(33-15-7-5-8-16-33,34-17-9-6-10-18-34)45-27-31-25-39(31,28-44-26-29-20-22-32(43-4)23-21-29)37(42)41-35-19-11-13-30-14-12-24-40-36(30)35/h5-24,31H,25-28H2,1-4H3,(H,41,42)/t31-,39-/m0/s1. The van der Waals surface area contributed by atoms with Gasteiger partial charge in [-0.3, -0.25) is 9.78 Å². The Bertz CT molecular complexity index is 1730. The van der Waals surface area contributed by atoms with Gasteiger partial charge in [0.2, 0.25) is 5.91 Å². The first-order valence-corrected chi connectivity index (χ1v) is 17.8. The highest BCUT2D eigenvalue weighted by atomic mass is 28.4. The van der Waals surface area contributed by atoms with Crippen LogP contribution < -0.4 is 20.4 Å². The molecule has 46 heavy (non-hydrogen) atoms. The van der Waals surface area contributed by atoms with Crippen molar-refractivity contribution >= 4 is 41.2 Å². The lowest BCUT2D eigenvalue weighted by Gasteiger charge is -2.43. The molecule has 0 saturated heterocycles. The average molecular weight is 631 g/mol. The van der Waals surface area contributed by atoms with Gasteiger partial charge in [0.05, 0.1) is 36.9 Å². The van der Waals surface area contributed by atoms with Gasteiger partial charge in [0.25, 0.3) is 8.32 Å². The van der Waals surface area contributed by atoms with E-state index < -0.39 is 13.7 Å². The first kappa shape index (κ1) is 31.7. The molecule has 1 aliphatic rings. The third-order valence-corrected chi connectivity index (χ3v) is 14.3. The minimum atomic E-state index is -2.77. The first-order chi connectivity index (χ1) is 22.3. The maximum absolute atomic E-state index is 14.3. The molecule has 1 fully saturated rings. The molecule has 7 heteroatoms. The molecule has 2 atom stereocenters. The van der Waals surface area contributed by atoms with Gasteiger partial charge in [0.15, 0.2) is 0 Å². The van der Waals surface area contributed by atoms with Gasteiger partial charge < -0.3 is 19.2 Å². The van der Waals surface area contributed by atoms with Crippen molar-refractivity contribution in [1.29, 1.82) is 0 Å². The molecule has 0 bridgehead atoms. The molecular weight excluding hydrogens is 589 g/mol. The number of methoxy groups -OCH3 is 1. The second-order valence-electron chi connectivity index (χ2n) is 13.2. The summed E-state index contributed by atoms with van der Waals surface area (Å²) in [5.74, 6) is 0.732. The summed E-state index contributed by atoms with van der Waals surface area (Å²) in [5, 5.41) is 6.50. The number of nitrogens with zero attached hydrogens (tertiary/aromatic N) is 1. The van der Waals surface area contributed by atoms with Crippen LogP contribution in [0.3, 0.4) is 0 Å². The zero-order chi connectivity index (χ0) is 32.2. The van der Waals surface area contributed by atoms with E-state index in [1.54, 1.807) is 13.3 Å². The second-order valence-corrected chi connectivity index (χ2v) is 17.5. The maximum Gasteiger partial charge on any atom is 0.261 e. The number of hydrogen-bond donors (Lipinski definition) is 1. The molecule has 1 aromatic heterocycles. The van der Waals surface area contributed by atoms with Crippen LogP contribution in [0.4, 0.5) is 5.69 Å². The smallest absolute Gasteiger partial charge is 0.261 e. The van der Waals surface area contributed by atoms with Crippen LogP contribution in [-0.4, -0.2) is 39.5 Å². The number of fused-ring (bicyclic) bond motifs is 1. The van der Waals surface area contributed by atoms with Crippen LogP contribution >= 0.6 is 0 Å². The maximum atomic E-state index is 14.3. The Kier molecular flexibility index (Phi) is 9.09. The van der Waals surface area contributed by atoms with E-state index in [2.05, 4.69) is 91.7 Å². The number of pyridine rings is 1. The van der Waals surface area contributed by atoms with E-state index in [-0.39, 0.29) is 23.5 Å². The molecule has 5 aromatic rings. The number of benzene rings is 4. The van der Waals surface area contributed by atoms with Gasteiger partial charge in [-0.15, -0.1) is 0 Å². The van der Waals surface area contributed by atoms with Gasteiger partial charge in [-0.1, -0.05) is 112 Å². The van der Waals surface area contributed by atoms with E-state index in [0.717, 1.165) is 22.2 Å². The lowest BCUT2D eigenvalue weighted by atomic mass is 10.0. The van der Waals surface area contributed by atoms with Gasteiger partial charge in [-0.05, 0) is 57.6 Å². The summed E-state index contributed by atoms with van der Waals surface area (Å²) < 4.78 is 18.9. The third kappa shape index (κ3) is 6.23. The average Bonchev–Trinajstić information content (AvgIpc) is 3.80. The largest absolute Gasteiger partial charge is 0.497 e. The normalized spacial score (nSPS) is 17.9. The van der Waals surface area contributed by atoms with Crippen molar-refractivity contribution in [3.8, 4) is 5.75 Å². The summed E-state index contributed by atoms with van der Waals surface area (Å²) in [4.78, 5) is 18.8. The van der Waals surface area contributed by atoms with Gasteiger partial charge in [0, 0.05) is 18.2 Å². The molecule has 1 aliphatic carbocycles. The van der Waals surface area contributed by atoms with E-state index >= 15 is 0 Å². The molecule has 1 amide bonds. The van der Waals surface area contributed by atoms with Gasteiger partial charge in [-0.25, -0.2) is 0 Å². The van der Waals surface area contributed by atoms with Crippen molar-refractivity contribution in [3.05, 3.63) is 127 Å². The highest BCUT2D eigenvalue weighted by molar-refractivity contribution is 6.99. The molecule has 0 unspecified atom stereocenters. The number of hydrogen-bond acceptors (Lipinski definition) is 5. The number of rotatable bonds is 12. The Morgan fingerprint density at radius 1 is 0.870 bits per heavy atom. The Balaban J connectivity index is 1.28. The Hall–Kier alpha value is -4.30. The quantitative estimate of drug-likeness (QED) is 0.151. The summed E-state index contributed by atoms with van der Waals surface area (Å²) in [5.41, 5.74) is 1.77. The summed E-state index contributed by atoms with van der Waals surface area (Å²) in [6.45, 7) is 7.97. The zero-order valence-electron chi connectivity index (χ0n) is 27.0. The predicted molar refractivity (Wildman–Crippen MR) is 187 cm³/mol. The van der Waals surface area contributed by atoms with Crippen LogP contribution in [-0.2, 0) is 20.6 Å². The highest BCUT2D eigenvalue weighted by Crippen LogP contribution is 2.54. The Labute approximate surface area is 272 Å². The van der Waals surface area contributed by atoms with Crippen molar-refractivity contribution < 1.29 is 18.7 Å². The number of anilines is 1. The van der Waals surface area contributed by atoms with Gasteiger partial charge in [-0.2, -0.15) is 0 Å². The molecule has 4 aromatic carbocycles. The van der Waals surface area contributed by atoms with Crippen molar-refractivity contribution in [2.24, 2.45) is 11.3 Å². The second kappa shape index (κ2) is 13.2. The molecule has 0 radical (unpaired) electrons. The van der Waals surface area contributed by atoms with E-state index in [1.165, 1.54) is 10.4 Å². The Morgan fingerprint density at radius 2 is 1.52 bits per heavy atom. The van der Waals surface area contributed by atoms with Crippen LogP contribution in [0.15, 0.2) is 121 Å². The summed E-state index contributed by atoms with van der Waals surface area (Å²) >= 11 is 0. The molecule has 0 spiro atoms. The molecule has 236 valence electrons. The fourth-order valence-corrected chi connectivity index (χ4v) is 11.2. The monoisotopic (exact) mass is 630 g/mol. The minimum absolute atomic E-state index is 0.00653. The molecule has 1 heterocycles. The Morgan fingerprint density at radius 3 is 2.15 bits per heavy atom. The molecule has 6 rings (SSSR count). The fraction of sp³-hybridized carbons (Fsp3) is 0.282. The van der Waals surface area contributed by atoms with Crippen LogP contribution in [0.25, 0.3) is 10.9 Å². The van der Waals surface area contributed by atoms with E-state index in [0.29, 0.717) is 25.3 Å². The van der Waals surface area contributed by atoms with Crippen LogP contribution in [0.2, 0.25) is 5.04 Å². The highest BCUT2D eigenvalue weighted by Gasteiger charge is 2.61. The number of aromatic nitrogens is 1. The number of carbonyl (C=O) groups excluding carboxylic acids is 1. The summed E-state index contributed by atoms with van der Waals surface area (Å²) in [6, 6.07) is 38.9. The lowest BCUT2D eigenvalue weighted by Crippen LogP contribution is -2.66. The number of nitrogens with one attached hydrogen (secondary N) is 1. The first-order valence-electron chi connectivity index (χ1n) is 15.9. The van der Waals surface area contributed by atoms with Crippen LogP contribution in [0.5, 0.6) is 5.75 Å². The molecule has 1 saturated carbocycles. The van der Waals surface area contributed by atoms with E-state index in [4.69, 9.17) is 13.9 Å². The van der Waals surface area contributed by atoms with Crippen LogP contribution in [0.1, 0.15) is 32.8 Å². The van der Waals surface area contributed by atoms with E-state index in [9.17, 15) is 4.79 Å². The molecular formula is C39H42N2O4Si. The summed E-state index contributed by atoms with van der Waals surface area (Å²) in [6.07, 6.45) is 2.43. The van der Waals surface area contributed by atoms with Gasteiger partial charge >= 0.3 is 0 Å². The minimum Gasteiger partial charge on any atom is -0.497 e. The molecule has 0 aliphatic heterocycles. The van der Waals surface area contributed by atoms with Crippen molar-refractivity contribution in [2.75, 3.05) is 25.6 Å². The zero-order valence-corrected chi connectivity index (χ0v) is 28.0. The predicted octanol–water partition coefficient (Wildman–Crippen LogP) is 6.98. The van der Waals surface area contributed by atoms with Crippen molar-refractivity contribution in [1.82, 2.24) is 4.98 Å². The van der Waals surface area contributed by atoms with Crippen molar-refractivity contribution in [2.45, 2.75) is 38.8 Å². The van der Waals surface area contributed by atoms with Crippen LogP contribution in [0, 0.1) is 11.3 Å². The SMILES string of the molecule is COc1ccc(COC[C@@]2(C(=O)Nc3cccc4cccnc34)C[C@H]2CO[Si](c2ccccc2)(c2ccccc2)C(C)(C)C)cc1. The van der Waals surface area contributed by atoms with Gasteiger partial charge in [0.1, 0.15) is 5.75 Å². The number of carbonyl (C=O) groups is 1. The van der Waals surface area contributed by atoms with E-state index in [1.807, 2.05) is 54.6 Å². The number of amides is 1. The summed E-state index contributed by atoms with van der Waals surface area (Å²) in [7, 11) is -1.11.